The van der Waals surface area contributed by atoms with Crippen molar-refractivity contribution in [2.75, 3.05) is 13.2 Å². The highest BCUT2D eigenvalue weighted by molar-refractivity contribution is 6.31. The molecule has 1 aliphatic heterocycles. The molecule has 25 heavy (non-hydrogen) atoms. The SMILES string of the molecule is O=C(NC1COCC1n1ncccc1=O)c1cc2cc(Cl)ccc2[nH]1. The Bertz CT molecular complexity index is 997. The Kier molecular flexibility index (Phi) is 4.03. The molecule has 2 N–H and O–H groups in total. The molecular weight excluding hydrogens is 344 g/mol. The number of halogens is 1. The van der Waals surface area contributed by atoms with Crippen molar-refractivity contribution in [2.45, 2.75) is 12.1 Å². The molecule has 1 amide bonds. The third kappa shape index (κ3) is 3.04. The topological polar surface area (TPSA) is 89.0 Å². The molecule has 1 aliphatic rings. The number of rotatable bonds is 3. The summed E-state index contributed by atoms with van der Waals surface area (Å²) in [5.74, 6) is -0.267. The zero-order valence-corrected chi connectivity index (χ0v) is 13.9. The van der Waals surface area contributed by atoms with Gasteiger partial charge in [-0.1, -0.05) is 11.6 Å². The van der Waals surface area contributed by atoms with Crippen molar-refractivity contribution in [3.8, 4) is 0 Å². The van der Waals surface area contributed by atoms with Gasteiger partial charge in [0.05, 0.1) is 19.3 Å². The molecular formula is C17H15ClN4O3. The number of aromatic amines is 1. The molecule has 2 unspecified atom stereocenters. The predicted molar refractivity (Wildman–Crippen MR) is 92.9 cm³/mol. The van der Waals surface area contributed by atoms with Gasteiger partial charge >= 0.3 is 0 Å². The Balaban J connectivity index is 1.56. The maximum absolute atomic E-state index is 12.6. The Hall–Kier alpha value is -2.64. The number of nitrogens with one attached hydrogen (secondary N) is 2. The number of aromatic nitrogens is 3. The van der Waals surface area contributed by atoms with Crippen molar-refractivity contribution in [3.05, 3.63) is 63.7 Å². The van der Waals surface area contributed by atoms with Crippen LogP contribution in [0.1, 0.15) is 16.5 Å². The number of hydrogen-bond acceptors (Lipinski definition) is 4. The second-order valence-corrected chi connectivity index (χ2v) is 6.34. The van der Waals surface area contributed by atoms with E-state index in [2.05, 4.69) is 15.4 Å². The van der Waals surface area contributed by atoms with Gasteiger partial charge in [0.15, 0.2) is 0 Å². The number of amides is 1. The van der Waals surface area contributed by atoms with Crippen LogP contribution in [0.2, 0.25) is 5.02 Å². The third-order valence-corrected chi connectivity index (χ3v) is 4.49. The number of carbonyl (C=O) groups is 1. The molecule has 0 bridgehead atoms. The van der Waals surface area contributed by atoms with Crippen LogP contribution in [0.4, 0.5) is 0 Å². The summed E-state index contributed by atoms with van der Waals surface area (Å²) >= 11 is 5.98. The highest BCUT2D eigenvalue weighted by Crippen LogP contribution is 2.21. The average molecular weight is 359 g/mol. The zero-order valence-electron chi connectivity index (χ0n) is 13.1. The monoisotopic (exact) mass is 358 g/mol. The van der Waals surface area contributed by atoms with Crippen molar-refractivity contribution >= 4 is 28.4 Å². The van der Waals surface area contributed by atoms with E-state index in [1.54, 1.807) is 30.5 Å². The molecule has 2 aromatic heterocycles. The van der Waals surface area contributed by atoms with E-state index in [0.29, 0.717) is 23.9 Å². The molecule has 128 valence electrons. The van der Waals surface area contributed by atoms with Crippen LogP contribution in [0.5, 0.6) is 0 Å². The van der Waals surface area contributed by atoms with Gasteiger partial charge in [-0.15, -0.1) is 0 Å². The van der Waals surface area contributed by atoms with Crippen LogP contribution < -0.4 is 10.9 Å². The molecule has 1 fully saturated rings. The van der Waals surface area contributed by atoms with Crippen LogP contribution in [-0.4, -0.2) is 39.9 Å². The molecule has 1 aromatic carbocycles. The summed E-state index contributed by atoms with van der Waals surface area (Å²) in [6, 6.07) is 9.46. The van der Waals surface area contributed by atoms with Gasteiger partial charge in [-0.3, -0.25) is 9.59 Å². The summed E-state index contributed by atoms with van der Waals surface area (Å²) in [7, 11) is 0. The van der Waals surface area contributed by atoms with E-state index in [4.69, 9.17) is 16.3 Å². The molecule has 2 atom stereocenters. The van der Waals surface area contributed by atoms with Crippen LogP contribution in [0, 0.1) is 0 Å². The quantitative estimate of drug-likeness (QED) is 0.746. The van der Waals surface area contributed by atoms with Crippen molar-refractivity contribution < 1.29 is 9.53 Å². The largest absolute Gasteiger partial charge is 0.377 e. The minimum Gasteiger partial charge on any atom is -0.377 e. The van der Waals surface area contributed by atoms with Gasteiger partial charge in [-0.05, 0) is 30.3 Å². The van der Waals surface area contributed by atoms with Crippen LogP contribution >= 0.6 is 11.6 Å². The lowest BCUT2D eigenvalue weighted by Crippen LogP contribution is -2.44. The molecule has 0 spiro atoms. The Morgan fingerprint density at radius 3 is 3.04 bits per heavy atom. The van der Waals surface area contributed by atoms with Crippen molar-refractivity contribution in [1.82, 2.24) is 20.1 Å². The summed E-state index contributed by atoms with van der Waals surface area (Å²) in [5, 5.41) is 8.47. The first-order chi connectivity index (χ1) is 12.1. The number of carbonyl (C=O) groups excluding carboxylic acids is 1. The van der Waals surface area contributed by atoms with Crippen LogP contribution in [0.25, 0.3) is 10.9 Å². The maximum atomic E-state index is 12.6. The van der Waals surface area contributed by atoms with E-state index in [1.807, 2.05) is 6.07 Å². The molecule has 3 aromatic rings. The lowest BCUT2D eigenvalue weighted by Gasteiger charge is -2.19. The number of hydrogen-bond donors (Lipinski definition) is 2. The van der Waals surface area contributed by atoms with Crippen LogP contribution in [0.15, 0.2) is 47.4 Å². The first kappa shape index (κ1) is 15.9. The summed E-state index contributed by atoms with van der Waals surface area (Å²) in [4.78, 5) is 27.6. The van der Waals surface area contributed by atoms with Crippen LogP contribution in [0.3, 0.4) is 0 Å². The Morgan fingerprint density at radius 1 is 1.32 bits per heavy atom. The minimum atomic E-state index is -0.338. The van der Waals surface area contributed by atoms with Gasteiger partial charge in [-0.25, -0.2) is 4.68 Å². The second-order valence-electron chi connectivity index (χ2n) is 5.91. The van der Waals surface area contributed by atoms with E-state index in [9.17, 15) is 9.59 Å². The first-order valence-electron chi connectivity index (χ1n) is 7.82. The van der Waals surface area contributed by atoms with Gasteiger partial charge < -0.3 is 15.0 Å². The average Bonchev–Trinajstić information content (AvgIpc) is 3.21. The molecule has 8 heteroatoms. The number of ether oxygens (including phenoxy) is 1. The predicted octanol–water partition coefficient (Wildman–Crippen LogP) is 1.75. The standard InChI is InChI=1S/C17H15ClN4O3/c18-11-3-4-12-10(6-11)7-13(20-12)17(24)21-14-8-25-9-15(14)22-16(23)2-1-5-19-22/h1-7,14-15,20H,8-9H2,(H,21,24). The summed E-state index contributed by atoms with van der Waals surface area (Å²) in [5.41, 5.74) is 1.03. The highest BCUT2D eigenvalue weighted by Gasteiger charge is 2.32. The molecule has 1 saturated heterocycles. The zero-order chi connectivity index (χ0) is 17.4. The van der Waals surface area contributed by atoms with Gasteiger partial charge in [0, 0.05) is 28.2 Å². The number of H-pyrrole nitrogens is 1. The molecule has 7 nitrogen and oxygen atoms in total. The van der Waals surface area contributed by atoms with Crippen LogP contribution in [-0.2, 0) is 4.74 Å². The highest BCUT2D eigenvalue weighted by atomic mass is 35.5. The normalized spacial score (nSPS) is 20.0. The molecule has 0 radical (unpaired) electrons. The third-order valence-electron chi connectivity index (χ3n) is 4.25. The van der Waals surface area contributed by atoms with Gasteiger partial charge in [0.2, 0.25) is 0 Å². The van der Waals surface area contributed by atoms with E-state index < -0.39 is 0 Å². The van der Waals surface area contributed by atoms with E-state index >= 15 is 0 Å². The summed E-state index contributed by atoms with van der Waals surface area (Å²) in [6.45, 7) is 0.648. The molecule has 0 saturated carbocycles. The summed E-state index contributed by atoms with van der Waals surface area (Å²) < 4.78 is 6.80. The lowest BCUT2D eigenvalue weighted by molar-refractivity contribution is 0.0920. The summed E-state index contributed by atoms with van der Waals surface area (Å²) in [6.07, 6.45) is 1.54. The number of benzene rings is 1. The maximum Gasteiger partial charge on any atom is 0.268 e. The molecule has 3 heterocycles. The van der Waals surface area contributed by atoms with Gasteiger partial charge in [0.1, 0.15) is 11.7 Å². The molecule has 4 rings (SSSR count). The van der Waals surface area contributed by atoms with E-state index in [1.165, 1.54) is 10.7 Å². The fraction of sp³-hybridized carbons (Fsp3) is 0.235. The van der Waals surface area contributed by atoms with Crippen molar-refractivity contribution in [1.29, 1.82) is 0 Å². The van der Waals surface area contributed by atoms with E-state index in [0.717, 1.165) is 10.9 Å². The lowest BCUT2D eigenvalue weighted by atomic mass is 10.1. The molecule has 0 aliphatic carbocycles. The minimum absolute atomic E-state index is 0.225. The van der Waals surface area contributed by atoms with Crippen molar-refractivity contribution in [2.24, 2.45) is 0 Å². The van der Waals surface area contributed by atoms with Gasteiger partial charge in [-0.2, -0.15) is 5.10 Å². The fourth-order valence-corrected chi connectivity index (χ4v) is 3.19. The number of fused-ring (bicyclic) bond motifs is 1. The fourth-order valence-electron chi connectivity index (χ4n) is 3.01. The first-order valence-corrected chi connectivity index (χ1v) is 8.20. The van der Waals surface area contributed by atoms with Crippen molar-refractivity contribution in [3.63, 3.8) is 0 Å². The Morgan fingerprint density at radius 2 is 2.20 bits per heavy atom. The second kappa shape index (κ2) is 6.34. The van der Waals surface area contributed by atoms with E-state index in [-0.39, 0.29) is 23.6 Å². The Labute approximate surface area is 147 Å². The smallest absolute Gasteiger partial charge is 0.268 e. The van der Waals surface area contributed by atoms with Gasteiger partial charge in [0.25, 0.3) is 11.5 Å². The number of nitrogens with zero attached hydrogens (tertiary/aromatic N) is 2.